The van der Waals surface area contributed by atoms with Crippen LogP contribution in [-0.2, 0) is 4.79 Å². The van der Waals surface area contributed by atoms with Crippen LogP contribution >= 0.6 is 0 Å². The van der Waals surface area contributed by atoms with E-state index >= 15 is 0 Å². The summed E-state index contributed by atoms with van der Waals surface area (Å²) < 4.78 is 5.61. The Labute approximate surface area is 107 Å². The van der Waals surface area contributed by atoms with Crippen molar-refractivity contribution in [1.82, 2.24) is 4.90 Å². The lowest BCUT2D eigenvalue weighted by Gasteiger charge is -2.16. The molecule has 1 fully saturated rings. The Hall–Kier alpha value is -1.75. The summed E-state index contributed by atoms with van der Waals surface area (Å²) in [6.07, 6.45) is 0.850. The van der Waals surface area contributed by atoms with Crippen LogP contribution in [0.15, 0.2) is 24.3 Å². The van der Waals surface area contributed by atoms with Crippen molar-refractivity contribution in [1.29, 1.82) is 0 Å². The average Bonchev–Trinajstić information content (AvgIpc) is 2.80. The summed E-state index contributed by atoms with van der Waals surface area (Å²) in [4.78, 5) is 13.2. The number of carbonyl (C=O) groups excluding carboxylic acids is 1. The fourth-order valence-electron chi connectivity index (χ4n) is 2.16. The number of primary amides is 1. The molecule has 0 radical (unpaired) electrons. The first-order valence-corrected chi connectivity index (χ1v) is 6.16. The van der Waals surface area contributed by atoms with Crippen molar-refractivity contribution in [3.63, 3.8) is 0 Å². The fourth-order valence-corrected chi connectivity index (χ4v) is 2.16. The van der Waals surface area contributed by atoms with E-state index in [4.69, 9.17) is 16.2 Å². The first kappa shape index (κ1) is 12.7. The van der Waals surface area contributed by atoms with E-state index in [1.54, 1.807) is 0 Å². The molecule has 1 unspecified atom stereocenters. The van der Waals surface area contributed by atoms with Crippen LogP contribution in [0.5, 0.6) is 5.75 Å². The van der Waals surface area contributed by atoms with Crippen LogP contribution in [0.1, 0.15) is 6.42 Å². The van der Waals surface area contributed by atoms with Crippen molar-refractivity contribution in [2.24, 2.45) is 11.7 Å². The number of hydrogen-bond acceptors (Lipinski definition) is 4. The van der Waals surface area contributed by atoms with Gasteiger partial charge in [0.25, 0.3) is 0 Å². The lowest BCUT2D eigenvalue weighted by Crippen LogP contribution is -2.30. The van der Waals surface area contributed by atoms with Gasteiger partial charge in [0.15, 0.2) is 0 Å². The average molecular weight is 249 g/mol. The summed E-state index contributed by atoms with van der Waals surface area (Å²) in [6.45, 7) is 3.00. The van der Waals surface area contributed by atoms with Crippen LogP contribution < -0.4 is 16.2 Å². The molecule has 1 amide bonds. The standard InChI is InChI=1S/C13H19N3O2/c14-11-3-1-2-4-12(11)18-8-7-16-6-5-10(9-16)13(15)17/h1-4,10H,5-9,14H2,(H2,15,17). The number of hydrogen-bond donors (Lipinski definition) is 2. The van der Waals surface area contributed by atoms with Gasteiger partial charge in [0.05, 0.1) is 11.6 Å². The zero-order valence-corrected chi connectivity index (χ0v) is 10.3. The van der Waals surface area contributed by atoms with Gasteiger partial charge in [0, 0.05) is 13.1 Å². The molecule has 1 aromatic carbocycles. The predicted molar refractivity (Wildman–Crippen MR) is 70.1 cm³/mol. The van der Waals surface area contributed by atoms with E-state index in [2.05, 4.69) is 4.90 Å². The summed E-state index contributed by atoms with van der Waals surface area (Å²) in [5.41, 5.74) is 11.7. The minimum atomic E-state index is -0.203. The van der Waals surface area contributed by atoms with E-state index < -0.39 is 0 Å². The molecule has 1 aromatic rings. The summed E-state index contributed by atoms with van der Waals surface area (Å²) in [5.74, 6) is 0.501. The van der Waals surface area contributed by atoms with Gasteiger partial charge in [0.2, 0.25) is 5.91 Å². The second-order valence-electron chi connectivity index (χ2n) is 4.57. The predicted octanol–water partition coefficient (Wildman–Crippen LogP) is 0.455. The molecule has 0 aliphatic carbocycles. The quantitative estimate of drug-likeness (QED) is 0.743. The van der Waals surface area contributed by atoms with Gasteiger partial charge in [-0.15, -0.1) is 0 Å². The zero-order valence-electron chi connectivity index (χ0n) is 10.3. The molecule has 0 saturated carbocycles. The molecule has 1 aliphatic heterocycles. The van der Waals surface area contributed by atoms with Gasteiger partial charge in [-0.1, -0.05) is 12.1 Å². The highest BCUT2D eigenvalue weighted by Crippen LogP contribution is 2.20. The molecule has 1 heterocycles. The number of para-hydroxylation sites is 2. The van der Waals surface area contributed by atoms with Crippen LogP contribution in [0, 0.1) is 5.92 Å². The zero-order chi connectivity index (χ0) is 13.0. The van der Waals surface area contributed by atoms with E-state index in [1.165, 1.54) is 0 Å². The van der Waals surface area contributed by atoms with Crippen LogP contribution in [0.4, 0.5) is 5.69 Å². The van der Waals surface area contributed by atoms with Crippen LogP contribution in [0.3, 0.4) is 0 Å². The number of nitrogen functional groups attached to an aromatic ring is 1. The molecule has 5 nitrogen and oxygen atoms in total. The second kappa shape index (κ2) is 5.73. The van der Waals surface area contributed by atoms with E-state index in [-0.39, 0.29) is 11.8 Å². The topological polar surface area (TPSA) is 81.6 Å². The van der Waals surface area contributed by atoms with Gasteiger partial charge in [-0.2, -0.15) is 0 Å². The van der Waals surface area contributed by atoms with Gasteiger partial charge in [0.1, 0.15) is 12.4 Å². The maximum atomic E-state index is 11.0. The largest absolute Gasteiger partial charge is 0.490 e. The summed E-state index contributed by atoms with van der Waals surface area (Å²) >= 11 is 0. The third kappa shape index (κ3) is 3.13. The van der Waals surface area contributed by atoms with Crippen molar-refractivity contribution in [2.45, 2.75) is 6.42 Å². The third-order valence-electron chi connectivity index (χ3n) is 3.26. The fraction of sp³-hybridized carbons (Fsp3) is 0.462. The minimum absolute atomic E-state index is 0.00760. The van der Waals surface area contributed by atoms with Crippen molar-refractivity contribution in [3.05, 3.63) is 24.3 Å². The molecule has 98 valence electrons. The Balaban J connectivity index is 1.74. The Morgan fingerprint density at radius 2 is 2.22 bits per heavy atom. The monoisotopic (exact) mass is 249 g/mol. The first-order chi connectivity index (χ1) is 8.66. The second-order valence-corrected chi connectivity index (χ2v) is 4.57. The molecule has 0 spiro atoms. The smallest absolute Gasteiger partial charge is 0.221 e. The number of nitrogens with zero attached hydrogens (tertiary/aromatic N) is 1. The molecule has 0 aromatic heterocycles. The highest BCUT2D eigenvalue weighted by molar-refractivity contribution is 5.77. The van der Waals surface area contributed by atoms with Gasteiger partial charge in [-0.05, 0) is 25.1 Å². The highest BCUT2D eigenvalue weighted by Gasteiger charge is 2.26. The maximum Gasteiger partial charge on any atom is 0.221 e. The van der Waals surface area contributed by atoms with Crippen molar-refractivity contribution >= 4 is 11.6 Å². The lowest BCUT2D eigenvalue weighted by atomic mass is 10.1. The molecule has 1 aliphatic rings. The number of likely N-dealkylation sites (tertiary alicyclic amines) is 1. The van der Waals surface area contributed by atoms with Gasteiger partial charge < -0.3 is 16.2 Å². The van der Waals surface area contributed by atoms with E-state index in [1.807, 2.05) is 24.3 Å². The van der Waals surface area contributed by atoms with Crippen molar-refractivity contribution in [2.75, 3.05) is 32.0 Å². The normalized spacial score (nSPS) is 19.9. The lowest BCUT2D eigenvalue weighted by molar-refractivity contribution is -0.121. The van der Waals surface area contributed by atoms with Crippen LogP contribution in [0.2, 0.25) is 0 Å². The third-order valence-corrected chi connectivity index (χ3v) is 3.26. The van der Waals surface area contributed by atoms with E-state index in [0.717, 1.165) is 26.1 Å². The van der Waals surface area contributed by atoms with E-state index in [0.29, 0.717) is 18.0 Å². The van der Waals surface area contributed by atoms with Gasteiger partial charge >= 0.3 is 0 Å². The number of amides is 1. The minimum Gasteiger partial charge on any atom is -0.490 e. The van der Waals surface area contributed by atoms with Crippen molar-refractivity contribution < 1.29 is 9.53 Å². The van der Waals surface area contributed by atoms with Crippen LogP contribution in [0.25, 0.3) is 0 Å². The molecule has 0 bridgehead atoms. The first-order valence-electron chi connectivity index (χ1n) is 6.16. The highest BCUT2D eigenvalue weighted by atomic mass is 16.5. The van der Waals surface area contributed by atoms with Crippen LogP contribution in [-0.4, -0.2) is 37.0 Å². The number of nitrogens with two attached hydrogens (primary N) is 2. The molecule has 5 heteroatoms. The number of ether oxygens (including phenoxy) is 1. The Morgan fingerprint density at radius 3 is 2.89 bits per heavy atom. The van der Waals surface area contributed by atoms with Gasteiger partial charge in [-0.25, -0.2) is 0 Å². The Bertz CT molecular complexity index is 422. The molecule has 1 atom stereocenters. The molecule has 2 rings (SSSR count). The molecular weight excluding hydrogens is 230 g/mol. The SMILES string of the molecule is NC(=O)C1CCN(CCOc2ccccc2N)C1. The number of rotatable bonds is 5. The Morgan fingerprint density at radius 1 is 1.44 bits per heavy atom. The number of carbonyl (C=O) groups is 1. The maximum absolute atomic E-state index is 11.0. The molecular formula is C13H19N3O2. The summed E-state index contributed by atoms with van der Waals surface area (Å²) in [7, 11) is 0. The van der Waals surface area contributed by atoms with E-state index in [9.17, 15) is 4.79 Å². The molecule has 1 saturated heterocycles. The number of anilines is 1. The summed E-state index contributed by atoms with van der Waals surface area (Å²) in [5, 5.41) is 0. The van der Waals surface area contributed by atoms with Crippen molar-refractivity contribution in [3.8, 4) is 5.75 Å². The molecule has 18 heavy (non-hydrogen) atoms. The van der Waals surface area contributed by atoms with Gasteiger partial charge in [-0.3, -0.25) is 9.69 Å². The summed E-state index contributed by atoms with van der Waals surface area (Å²) in [6, 6.07) is 7.44. The molecule has 4 N–H and O–H groups in total. The number of benzene rings is 1. The Kier molecular flexibility index (Phi) is 4.04.